The Balaban J connectivity index is 1.88. The van der Waals surface area contributed by atoms with Crippen molar-refractivity contribution in [3.8, 4) is 0 Å². The molecule has 4 nitrogen and oxygen atoms in total. The molecule has 0 atom stereocenters. The number of rotatable bonds is 5. The minimum absolute atomic E-state index is 0.160. The zero-order valence-electron chi connectivity index (χ0n) is 15.3. The molecule has 0 saturated heterocycles. The standard InChI is InChI=1S/C23H19BrN2O2/c1-16-10-12-20(13-11-16)25-23(28)21(15-17-6-5-9-19(24)14-17)26-22(27)18-7-3-2-4-8-18/h2-15H,1H3,(H,25,28)(H,26,27)/b21-15-. The normalized spacial score (nSPS) is 11.0. The smallest absolute Gasteiger partial charge is 0.272 e. The third kappa shape index (κ3) is 5.41. The summed E-state index contributed by atoms with van der Waals surface area (Å²) >= 11 is 3.42. The first-order chi connectivity index (χ1) is 13.5. The van der Waals surface area contributed by atoms with Crippen LogP contribution < -0.4 is 10.6 Å². The zero-order chi connectivity index (χ0) is 19.9. The van der Waals surface area contributed by atoms with Crippen molar-refractivity contribution in [1.29, 1.82) is 0 Å². The third-order valence-electron chi connectivity index (χ3n) is 4.00. The van der Waals surface area contributed by atoms with E-state index in [1.54, 1.807) is 30.3 Å². The summed E-state index contributed by atoms with van der Waals surface area (Å²) < 4.78 is 0.883. The van der Waals surface area contributed by atoms with Gasteiger partial charge in [0.25, 0.3) is 11.8 Å². The van der Waals surface area contributed by atoms with Gasteiger partial charge in [0.2, 0.25) is 0 Å². The van der Waals surface area contributed by atoms with Crippen molar-refractivity contribution in [1.82, 2.24) is 5.32 Å². The van der Waals surface area contributed by atoms with E-state index in [2.05, 4.69) is 26.6 Å². The molecular weight excluding hydrogens is 416 g/mol. The Morgan fingerprint density at radius 1 is 0.893 bits per heavy atom. The molecule has 0 spiro atoms. The van der Waals surface area contributed by atoms with E-state index in [-0.39, 0.29) is 11.6 Å². The molecule has 2 N–H and O–H groups in total. The number of benzene rings is 3. The fourth-order valence-corrected chi connectivity index (χ4v) is 2.96. The van der Waals surface area contributed by atoms with Crippen LogP contribution >= 0.6 is 15.9 Å². The summed E-state index contributed by atoms with van der Waals surface area (Å²) in [6, 6.07) is 23.7. The largest absolute Gasteiger partial charge is 0.321 e. The summed E-state index contributed by atoms with van der Waals surface area (Å²) in [5, 5.41) is 5.55. The lowest BCUT2D eigenvalue weighted by atomic mass is 10.1. The summed E-state index contributed by atoms with van der Waals surface area (Å²) in [7, 11) is 0. The highest BCUT2D eigenvalue weighted by Gasteiger charge is 2.15. The molecule has 0 aliphatic rings. The number of aryl methyl sites for hydroxylation is 1. The first-order valence-corrected chi connectivity index (χ1v) is 9.52. The molecule has 0 saturated carbocycles. The minimum atomic E-state index is -0.395. The number of carbonyl (C=O) groups excluding carboxylic acids is 2. The van der Waals surface area contributed by atoms with Gasteiger partial charge in [0.1, 0.15) is 5.70 Å². The molecule has 3 aromatic rings. The van der Waals surface area contributed by atoms with Crippen LogP contribution in [0.1, 0.15) is 21.5 Å². The van der Waals surface area contributed by atoms with E-state index in [4.69, 9.17) is 0 Å². The summed E-state index contributed by atoms with van der Waals surface area (Å²) in [6.07, 6.45) is 1.65. The Labute approximate surface area is 172 Å². The molecule has 0 aromatic heterocycles. The van der Waals surface area contributed by atoms with Crippen LogP contribution in [0.3, 0.4) is 0 Å². The molecule has 0 aliphatic carbocycles. The van der Waals surface area contributed by atoms with Crippen molar-refractivity contribution in [2.45, 2.75) is 6.92 Å². The zero-order valence-corrected chi connectivity index (χ0v) is 16.9. The number of anilines is 1. The lowest BCUT2D eigenvalue weighted by molar-refractivity contribution is -0.113. The van der Waals surface area contributed by atoms with Crippen molar-refractivity contribution in [2.75, 3.05) is 5.32 Å². The van der Waals surface area contributed by atoms with Crippen LogP contribution in [0.5, 0.6) is 0 Å². The van der Waals surface area contributed by atoms with Crippen LogP contribution in [-0.4, -0.2) is 11.8 Å². The van der Waals surface area contributed by atoms with Crippen molar-refractivity contribution < 1.29 is 9.59 Å². The van der Waals surface area contributed by atoms with Gasteiger partial charge in [-0.2, -0.15) is 0 Å². The van der Waals surface area contributed by atoms with Crippen LogP contribution in [-0.2, 0) is 4.79 Å². The maximum atomic E-state index is 12.8. The molecule has 140 valence electrons. The molecule has 3 rings (SSSR count). The van der Waals surface area contributed by atoms with Crippen molar-refractivity contribution in [2.24, 2.45) is 0 Å². The van der Waals surface area contributed by atoms with E-state index in [9.17, 15) is 9.59 Å². The highest BCUT2D eigenvalue weighted by atomic mass is 79.9. The average Bonchev–Trinajstić information content (AvgIpc) is 2.70. The molecular formula is C23H19BrN2O2. The number of hydrogen-bond donors (Lipinski definition) is 2. The Morgan fingerprint density at radius 2 is 1.61 bits per heavy atom. The molecule has 5 heteroatoms. The molecule has 0 unspecified atom stereocenters. The first kappa shape index (κ1) is 19.6. The van der Waals surface area contributed by atoms with E-state index in [1.165, 1.54) is 0 Å². The van der Waals surface area contributed by atoms with E-state index in [0.29, 0.717) is 11.3 Å². The number of amides is 2. The first-order valence-electron chi connectivity index (χ1n) is 8.73. The van der Waals surface area contributed by atoms with Gasteiger partial charge < -0.3 is 10.6 Å². The third-order valence-corrected chi connectivity index (χ3v) is 4.49. The lowest BCUT2D eigenvalue weighted by Gasteiger charge is -2.12. The number of nitrogens with one attached hydrogen (secondary N) is 2. The molecule has 28 heavy (non-hydrogen) atoms. The van der Waals surface area contributed by atoms with Crippen molar-refractivity contribution in [3.63, 3.8) is 0 Å². The van der Waals surface area contributed by atoms with E-state index in [1.807, 2.05) is 61.5 Å². The average molecular weight is 435 g/mol. The molecule has 0 bridgehead atoms. The van der Waals surface area contributed by atoms with Gasteiger partial charge in [0.15, 0.2) is 0 Å². The van der Waals surface area contributed by atoms with Crippen LogP contribution in [0.4, 0.5) is 5.69 Å². The highest BCUT2D eigenvalue weighted by Crippen LogP contribution is 2.16. The second-order valence-electron chi connectivity index (χ2n) is 6.25. The second-order valence-corrected chi connectivity index (χ2v) is 7.17. The van der Waals surface area contributed by atoms with Gasteiger partial charge in [-0.3, -0.25) is 9.59 Å². The number of halogens is 1. The Kier molecular flexibility index (Phi) is 6.40. The molecule has 0 radical (unpaired) electrons. The predicted molar refractivity (Wildman–Crippen MR) is 116 cm³/mol. The van der Waals surface area contributed by atoms with Gasteiger partial charge in [-0.1, -0.05) is 64.0 Å². The van der Waals surface area contributed by atoms with E-state index in [0.717, 1.165) is 15.6 Å². The van der Waals surface area contributed by atoms with Crippen LogP contribution in [0.2, 0.25) is 0 Å². The highest BCUT2D eigenvalue weighted by molar-refractivity contribution is 9.10. The van der Waals surface area contributed by atoms with Crippen LogP contribution in [0.15, 0.2) is 89.0 Å². The quantitative estimate of drug-likeness (QED) is 0.544. The van der Waals surface area contributed by atoms with Crippen molar-refractivity contribution in [3.05, 3.63) is 106 Å². The van der Waals surface area contributed by atoms with Gasteiger partial charge >= 0.3 is 0 Å². The SMILES string of the molecule is Cc1ccc(NC(=O)/C(=C/c2cccc(Br)c2)NC(=O)c2ccccc2)cc1. The lowest BCUT2D eigenvalue weighted by Crippen LogP contribution is -2.30. The topological polar surface area (TPSA) is 58.2 Å². The van der Waals surface area contributed by atoms with Crippen molar-refractivity contribution >= 4 is 39.5 Å². The predicted octanol–water partition coefficient (Wildman–Crippen LogP) is 5.17. The van der Waals surface area contributed by atoms with Gasteiger partial charge in [0, 0.05) is 15.7 Å². The van der Waals surface area contributed by atoms with Gasteiger partial charge in [0.05, 0.1) is 0 Å². The van der Waals surface area contributed by atoms with E-state index >= 15 is 0 Å². The molecule has 0 fully saturated rings. The minimum Gasteiger partial charge on any atom is -0.321 e. The summed E-state index contributed by atoms with van der Waals surface area (Å²) in [5.74, 6) is -0.742. The fraction of sp³-hybridized carbons (Fsp3) is 0.0435. The Bertz CT molecular complexity index is 1010. The van der Waals surface area contributed by atoms with Crippen LogP contribution in [0, 0.1) is 6.92 Å². The van der Waals surface area contributed by atoms with Gasteiger partial charge in [-0.15, -0.1) is 0 Å². The van der Waals surface area contributed by atoms with Gasteiger partial charge in [-0.25, -0.2) is 0 Å². The molecule has 2 amide bonds. The number of carbonyl (C=O) groups is 2. The second kappa shape index (κ2) is 9.15. The Hall–Kier alpha value is -3.18. The fourth-order valence-electron chi connectivity index (χ4n) is 2.54. The Morgan fingerprint density at radius 3 is 2.29 bits per heavy atom. The molecule has 0 heterocycles. The van der Waals surface area contributed by atoms with E-state index < -0.39 is 5.91 Å². The number of hydrogen-bond acceptors (Lipinski definition) is 2. The maximum Gasteiger partial charge on any atom is 0.272 e. The molecule has 3 aromatic carbocycles. The van der Waals surface area contributed by atoms with Gasteiger partial charge in [-0.05, 0) is 55.0 Å². The summed E-state index contributed by atoms with van der Waals surface area (Å²) in [6.45, 7) is 1.98. The summed E-state index contributed by atoms with van der Waals surface area (Å²) in [5.41, 5.74) is 3.18. The monoisotopic (exact) mass is 434 g/mol. The molecule has 0 aliphatic heterocycles. The van der Waals surface area contributed by atoms with Crippen LogP contribution in [0.25, 0.3) is 6.08 Å². The summed E-state index contributed by atoms with van der Waals surface area (Å²) in [4.78, 5) is 25.4. The maximum absolute atomic E-state index is 12.8.